The highest BCUT2D eigenvalue weighted by atomic mass is 16.5. The Morgan fingerprint density at radius 3 is 2.80 bits per heavy atom. The van der Waals surface area contributed by atoms with Crippen LogP contribution in [-0.2, 0) is 6.54 Å². The standard InChI is InChI=1S/C23H33N3O4/c1-28-21-8-7-19(15-24-10-5-13-29-22-6-4-9-25-16-22)23(14-21)30-18-20(27)17-26-11-2-3-12-26/h4,6-9,14,16,20,24,27H,2-3,5,10-13,15,17-18H2,1H3. The minimum Gasteiger partial charge on any atom is -0.497 e. The molecule has 1 saturated heterocycles. The number of hydrogen-bond acceptors (Lipinski definition) is 7. The Balaban J connectivity index is 1.41. The van der Waals surface area contributed by atoms with E-state index in [2.05, 4.69) is 15.2 Å². The predicted octanol–water partition coefficient (Wildman–Crippen LogP) is 2.48. The van der Waals surface area contributed by atoms with Crippen LogP contribution in [0.5, 0.6) is 17.2 Å². The van der Waals surface area contributed by atoms with Gasteiger partial charge in [0.1, 0.15) is 30.0 Å². The van der Waals surface area contributed by atoms with Gasteiger partial charge in [0.05, 0.1) is 19.9 Å². The number of nitrogens with zero attached hydrogens (tertiary/aromatic N) is 2. The van der Waals surface area contributed by atoms with E-state index in [1.165, 1.54) is 12.8 Å². The van der Waals surface area contributed by atoms with Gasteiger partial charge >= 0.3 is 0 Å². The van der Waals surface area contributed by atoms with Crippen molar-refractivity contribution >= 4 is 0 Å². The molecule has 30 heavy (non-hydrogen) atoms. The molecule has 2 N–H and O–H groups in total. The first-order valence-electron chi connectivity index (χ1n) is 10.7. The summed E-state index contributed by atoms with van der Waals surface area (Å²) >= 11 is 0. The van der Waals surface area contributed by atoms with Gasteiger partial charge in [-0.3, -0.25) is 4.98 Å². The van der Waals surface area contributed by atoms with Crippen LogP contribution in [0.15, 0.2) is 42.7 Å². The fourth-order valence-corrected chi connectivity index (χ4v) is 3.49. The molecule has 1 aromatic carbocycles. The Hall–Kier alpha value is -2.35. The van der Waals surface area contributed by atoms with Gasteiger partial charge in [-0.2, -0.15) is 0 Å². The smallest absolute Gasteiger partial charge is 0.137 e. The van der Waals surface area contributed by atoms with Gasteiger partial charge in [0, 0.05) is 30.9 Å². The lowest BCUT2D eigenvalue weighted by Crippen LogP contribution is -2.33. The van der Waals surface area contributed by atoms with Gasteiger partial charge < -0.3 is 29.5 Å². The van der Waals surface area contributed by atoms with E-state index in [9.17, 15) is 5.11 Å². The van der Waals surface area contributed by atoms with Gasteiger partial charge in [0.25, 0.3) is 0 Å². The predicted molar refractivity (Wildman–Crippen MR) is 116 cm³/mol. The first-order chi connectivity index (χ1) is 14.7. The average molecular weight is 416 g/mol. The van der Waals surface area contributed by atoms with E-state index in [0.717, 1.165) is 48.9 Å². The molecule has 0 aliphatic carbocycles. The number of pyridine rings is 1. The minimum absolute atomic E-state index is 0.273. The third-order valence-corrected chi connectivity index (χ3v) is 5.09. The van der Waals surface area contributed by atoms with E-state index in [0.29, 0.717) is 19.7 Å². The van der Waals surface area contributed by atoms with E-state index >= 15 is 0 Å². The van der Waals surface area contributed by atoms with Gasteiger partial charge in [-0.15, -0.1) is 0 Å². The number of methoxy groups -OCH3 is 1. The molecule has 0 bridgehead atoms. The first-order valence-corrected chi connectivity index (χ1v) is 10.7. The van der Waals surface area contributed by atoms with Gasteiger partial charge in [0.15, 0.2) is 0 Å². The summed E-state index contributed by atoms with van der Waals surface area (Å²) < 4.78 is 16.9. The largest absolute Gasteiger partial charge is 0.497 e. The molecule has 7 heteroatoms. The molecular formula is C23H33N3O4. The number of rotatable bonds is 13. The Bertz CT molecular complexity index is 738. The summed E-state index contributed by atoms with van der Waals surface area (Å²) in [6.07, 6.45) is 6.26. The average Bonchev–Trinajstić information content (AvgIpc) is 3.28. The van der Waals surface area contributed by atoms with Crippen LogP contribution in [0.25, 0.3) is 0 Å². The lowest BCUT2D eigenvalue weighted by atomic mass is 10.2. The number of likely N-dealkylation sites (tertiary alicyclic amines) is 1. The zero-order chi connectivity index (χ0) is 21.0. The Morgan fingerprint density at radius 2 is 2.03 bits per heavy atom. The molecule has 1 unspecified atom stereocenters. The molecule has 0 radical (unpaired) electrons. The van der Waals surface area contributed by atoms with Gasteiger partial charge in [-0.25, -0.2) is 0 Å². The van der Waals surface area contributed by atoms with E-state index in [1.807, 2.05) is 30.3 Å². The zero-order valence-electron chi connectivity index (χ0n) is 17.8. The molecule has 2 heterocycles. The molecule has 0 amide bonds. The summed E-state index contributed by atoms with van der Waals surface area (Å²) in [5.74, 6) is 2.28. The first kappa shape index (κ1) is 22.3. The van der Waals surface area contributed by atoms with Crippen molar-refractivity contribution in [2.75, 3.05) is 46.5 Å². The second kappa shape index (κ2) is 12.4. The molecule has 2 aromatic rings. The maximum Gasteiger partial charge on any atom is 0.137 e. The fourth-order valence-electron chi connectivity index (χ4n) is 3.49. The van der Waals surface area contributed by atoms with E-state index < -0.39 is 6.10 Å². The number of benzene rings is 1. The second-order valence-electron chi connectivity index (χ2n) is 7.51. The van der Waals surface area contributed by atoms with Crippen LogP contribution >= 0.6 is 0 Å². The lowest BCUT2D eigenvalue weighted by molar-refractivity contribution is 0.0753. The number of ether oxygens (including phenoxy) is 3. The van der Waals surface area contributed by atoms with Crippen LogP contribution < -0.4 is 19.5 Å². The normalized spacial score (nSPS) is 15.1. The molecule has 7 nitrogen and oxygen atoms in total. The Labute approximate surface area is 179 Å². The van der Waals surface area contributed by atoms with Crippen LogP contribution in [0.4, 0.5) is 0 Å². The summed E-state index contributed by atoms with van der Waals surface area (Å²) in [5.41, 5.74) is 1.04. The highest BCUT2D eigenvalue weighted by Gasteiger charge is 2.17. The molecule has 0 saturated carbocycles. The molecule has 3 rings (SSSR count). The Morgan fingerprint density at radius 1 is 1.17 bits per heavy atom. The second-order valence-corrected chi connectivity index (χ2v) is 7.51. The monoisotopic (exact) mass is 415 g/mol. The molecular weight excluding hydrogens is 382 g/mol. The molecule has 0 spiro atoms. The molecule has 1 aromatic heterocycles. The molecule has 1 fully saturated rings. The van der Waals surface area contributed by atoms with Gasteiger partial charge in [-0.05, 0) is 57.1 Å². The summed E-state index contributed by atoms with van der Waals surface area (Å²) in [4.78, 5) is 6.32. The summed E-state index contributed by atoms with van der Waals surface area (Å²) in [5, 5.41) is 13.7. The van der Waals surface area contributed by atoms with Gasteiger partial charge in [-0.1, -0.05) is 6.07 Å². The highest BCUT2D eigenvalue weighted by Crippen LogP contribution is 2.25. The molecule has 1 atom stereocenters. The van der Waals surface area contributed by atoms with Crippen LogP contribution in [0, 0.1) is 0 Å². The maximum atomic E-state index is 10.3. The third-order valence-electron chi connectivity index (χ3n) is 5.09. The van der Waals surface area contributed by atoms with Crippen molar-refractivity contribution in [3.05, 3.63) is 48.3 Å². The SMILES string of the molecule is COc1ccc(CNCCCOc2cccnc2)c(OCC(O)CN2CCCC2)c1. The molecule has 164 valence electrons. The number of hydrogen-bond donors (Lipinski definition) is 2. The summed E-state index contributed by atoms with van der Waals surface area (Å²) in [7, 11) is 1.64. The summed E-state index contributed by atoms with van der Waals surface area (Å²) in [6.45, 7) is 5.20. The van der Waals surface area contributed by atoms with Crippen LogP contribution in [0.3, 0.4) is 0 Å². The lowest BCUT2D eigenvalue weighted by Gasteiger charge is -2.20. The van der Waals surface area contributed by atoms with Crippen molar-refractivity contribution in [1.29, 1.82) is 0 Å². The molecule has 1 aliphatic rings. The van der Waals surface area contributed by atoms with Crippen LogP contribution in [-0.4, -0.2) is 67.6 Å². The number of nitrogens with one attached hydrogen (secondary N) is 1. The fraction of sp³-hybridized carbons (Fsp3) is 0.522. The van der Waals surface area contributed by atoms with Crippen LogP contribution in [0.2, 0.25) is 0 Å². The van der Waals surface area contributed by atoms with Crippen molar-refractivity contribution < 1.29 is 19.3 Å². The molecule has 1 aliphatic heterocycles. The minimum atomic E-state index is -0.500. The number of β-amino-alcohol motifs (C(OH)–C–C–N with tert-alkyl or cyclic N) is 1. The number of aliphatic hydroxyl groups excluding tert-OH is 1. The quantitative estimate of drug-likeness (QED) is 0.487. The zero-order valence-corrected chi connectivity index (χ0v) is 17.8. The van der Waals surface area contributed by atoms with E-state index in [1.54, 1.807) is 19.5 Å². The number of aliphatic hydroxyl groups is 1. The van der Waals surface area contributed by atoms with Crippen molar-refractivity contribution in [3.63, 3.8) is 0 Å². The van der Waals surface area contributed by atoms with Gasteiger partial charge in [0.2, 0.25) is 0 Å². The topological polar surface area (TPSA) is 76.1 Å². The van der Waals surface area contributed by atoms with Crippen molar-refractivity contribution in [1.82, 2.24) is 15.2 Å². The van der Waals surface area contributed by atoms with E-state index in [-0.39, 0.29) is 6.61 Å². The number of aromatic nitrogens is 1. The van der Waals surface area contributed by atoms with Crippen LogP contribution in [0.1, 0.15) is 24.8 Å². The summed E-state index contributed by atoms with van der Waals surface area (Å²) in [6, 6.07) is 9.57. The highest BCUT2D eigenvalue weighted by molar-refractivity contribution is 5.40. The van der Waals surface area contributed by atoms with E-state index in [4.69, 9.17) is 14.2 Å². The van der Waals surface area contributed by atoms with Crippen molar-refractivity contribution in [2.45, 2.75) is 31.9 Å². The Kier molecular flexibility index (Phi) is 9.21. The maximum absolute atomic E-state index is 10.3. The van der Waals surface area contributed by atoms with Crippen molar-refractivity contribution in [3.8, 4) is 17.2 Å². The third kappa shape index (κ3) is 7.48. The van der Waals surface area contributed by atoms with Crippen molar-refractivity contribution in [2.24, 2.45) is 0 Å².